The third kappa shape index (κ3) is 3.77. The zero-order valence-electron chi connectivity index (χ0n) is 16.0. The maximum Gasteiger partial charge on any atom is 0.240 e. The third-order valence-corrected chi connectivity index (χ3v) is 5.52. The maximum absolute atomic E-state index is 12.5. The molecule has 7 heteroatoms. The summed E-state index contributed by atoms with van der Waals surface area (Å²) in [6.07, 6.45) is 3.43. The molecule has 3 rings (SSSR count). The first-order chi connectivity index (χ1) is 13.0. The summed E-state index contributed by atoms with van der Waals surface area (Å²) in [5.41, 5.74) is 0.841. The van der Waals surface area contributed by atoms with Crippen molar-refractivity contribution in [2.45, 2.75) is 38.6 Å². The molecular formula is C20H26N2O5. The number of amides is 3. The van der Waals surface area contributed by atoms with Crippen LogP contribution in [0.25, 0.3) is 0 Å². The van der Waals surface area contributed by atoms with Crippen LogP contribution in [-0.4, -0.2) is 43.4 Å². The van der Waals surface area contributed by atoms with Crippen LogP contribution in [0.3, 0.4) is 0 Å². The fourth-order valence-electron chi connectivity index (χ4n) is 4.02. The number of carbonyl (C=O) groups excluding carboxylic acids is 3. The second-order valence-electron chi connectivity index (χ2n) is 7.16. The summed E-state index contributed by atoms with van der Waals surface area (Å²) in [6.45, 7) is 1.62. The zero-order chi connectivity index (χ0) is 19.6. The fraction of sp³-hybridized carbons (Fsp3) is 0.550. The van der Waals surface area contributed by atoms with Crippen LogP contribution in [-0.2, 0) is 14.4 Å². The molecule has 0 spiro atoms. The monoisotopic (exact) mass is 374 g/mol. The first kappa shape index (κ1) is 19.2. The van der Waals surface area contributed by atoms with E-state index in [-0.39, 0.29) is 42.1 Å². The highest BCUT2D eigenvalue weighted by molar-refractivity contribution is 6.07. The van der Waals surface area contributed by atoms with Crippen LogP contribution in [0.1, 0.15) is 44.2 Å². The van der Waals surface area contributed by atoms with Gasteiger partial charge in [0.2, 0.25) is 17.7 Å². The second-order valence-corrected chi connectivity index (χ2v) is 7.16. The lowest BCUT2D eigenvalue weighted by atomic mass is 9.81. The van der Waals surface area contributed by atoms with Gasteiger partial charge in [0, 0.05) is 0 Å². The van der Waals surface area contributed by atoms with Gasteiger partial charge in [0.1, 0.15) is 6.54 Å². The van der Waals surface area contributed by atoms with Crippen molar-refractivity contribution in [3.05, 3.63) is 23.8 Å². The van der Waals surface area contributed by atoms with Gasteiger partial charge in [-0.05, 0) is 37.5 Å². The van der Waals surface area contributed by atoms with E-state index in [4.69, 9.17) is 9.47 Å². The topological polar surface area (TPSA) is 84.9 Å². The van der Waals surface area contributed by atoms with Crippen LogP contribution in [0.4, 0.5) is 0 Å². The highest BCUT2D eigenvalue weighted by Gasteiger charge is 2.48. The molecule has 3 unspecified atom stereocenters. The predicted octanol–water partition coefficient (Wildman–Crippen LogP) is 2.06. The maximum atomic E-state index is 12.5. The highest BCUT2D eigenvalue weighted by Crippen LogP contribution is 2.38. The number of rotatable bonds is 6. The second kappa shape index (κ2) is 7.98. The standard InChI is InChI=1S/C20H26N2O5/c1-12(13-8-9-16(26-2)17(10-13)27-3)21-18(23)11-22-19(24)14-6-4-5-7-15(14)20(22)25/h8-10,12,14-15H,4-7,11H2,1-3H3,(H,21,23). The van der Waals surface area contributed by atoms with E-state index in [0.717, 1.165) is 36.1 Å². The van der Waals surface area contributed by atoms with Crippen LogP contribution in [0, 0.1) is 11.8 Å². The van der Waals surface area contributed by atoms with Gasteiger partial charge < -0.3 is 14.8 Å². The molecule has 1 heterocycles. The molecule has 27 heavy (non-hydrogen) atoms. The highest BCUT2D eigenvalue weighted by atomic mass is 16.5. The lowest BCUT2D eigenvalue weighted by Gasteiger charge is -2.19. The summed E-state index contributed by atoms with van der Waals surface area (Å²) in [4.78, 5) is 38.6. The van der Waals surface area contributed by atoms with Crippen LogP contribution in [0.5, 0.6) is 11.5 Å². The van der Waals surface area contributed by atoms with Crippen molar-refractivity contribution in [3.63, 3.8) is 0 Å². The SMILES string of the molecule is COc1ccc(C(C)NC(=O)CN2C(=O)C3CCCCC3C2=O)cc1OC. The number of hydrogen-bond acceptors (Lipinski definition) is 5. The Labute approximate surface area is 159 Å². The molecule has 3 amide bonds. The van der Waals surface area contributed by atoms with Crippen molar-refractivity contribution in [2.24, 2.45) is 11.8 Å². The number of benzene rings is 1. The molecule has 1 saturated heterocycles. The van der Waals surface area contributed by atoms with Crippen molar-refractivity contribution in [2.75, 3.05) is 20.8 Å². The lowest BCUT2D eigenvalue weighted by molar-refractivity contribution is -0.143. The number of nitrogens with one attached hydrogen (secondary N) is 1. The molecule has 146 valence electrons. The summed E-state index contributed by atoms with van der Waals surface area (Å²) in [7, 11) is 3.11. The molecule has 1 N–H and O–H groups in total. The third-order valence-electron chi connectivity index (χ3n) is 5.52. The molecule has 1 aromatic rings. The Bertz CT molecular complexity index is 724. The minimum absolute atomic E-state index is 0.196. The molecule has 2 fully saturated rings. The number of ether oxygens (including phenoxy) is 2. The molecular weight excluding hydrogens is 348 g/mol. The van der Waals surface area contributed by atoms with Gasteiger partial charge in [-0.2, -0.15) is 0 Å². The smallest absolute Gasteiger partial charge is 0.240 e. The summed E-state index contributed by atoms with van der Waals surface area (Å²) in [5.74, 6) is -0.0276. The lowest BCUT2D eigenvalue weighted by Crippen LogP contribution is -2.41. The number of carbonyl (C=O) groups is 3. The first-order valence-corrected chi connectivity index (χ1v) is 9.32. The quantitative estimate of drug-likeness (QED) is 0.771. The van der Waals surface area contributed by atoms with Gasteiger partial charge in [0.15, 0.2) is 11.5 Å². The molecule has 1 saturated carbocycles. The van der Waals surface area contributed by atoms with Crippen LogP contribution < -0.4 is 14.8 Å². The van der Waals surface area contributed by atoms with Crippen LogP contribution in [0.2, 0.25) is 0 Å². The normalized spacial score (nSPS) is 23.0. The van der Waals surface area contributed by atoms with Crippen LogP contribution in [0.15, 0.2) is 18.2 Å². The van der Waals surface area contributed by atoms with Gasteiger partial charge in [-0.1, -0.05) is 18.9 Å². The van der Waals surface area contributed by atoms with Crippen molar-refractivity contribution < 1.29 is 23.9 Å². The van der Waals surface area contributed by atoms with Crippen LogP contribution >= 0.6 is 0 Å². The van der Waals surface area contributed by atoms with Gasteiger partial charge >= 0.3 is 0 Å². The Hall–Kier alpha value is -2.57. The molecule has 3 atom stereocenters. The molecule has 0 bridgehead atoms. The number of fused-ring (bicyclic) bond motifs is 1. The zero-order valence-corrected chi connectivity index (χ0v) is 16.0. The van der Waals surface area contributed by atoms with Gasteiger partial charge in [-0.3, -0.25) is 19.3 Å². The minimum Gasteiger partial charge on any atom is -0.493 e. The van der Waals surface area contributed by atoms with E-state index in [9.17, 15) is 14.4 Å². The summed E-state index contributed by atoms with van der Waals surface area (Å²) < 4.78 is 10.5. The molecule has 0 aromatic heterocycles. The number of nitrogens with zero attached hydrogens (tertiary/aromatic N) is 1. The van der Waals surface area contributed by atoms with E-state index < -0.39 is 0 Å². The van der Waals surface area contributed by atoms with Gasteiger partial charge in [0.25, 0.3) is 0 Å². The fourth-order valence-corrected chi connectivity index (χ4v) is 4.02. The number of hydrogen-bond donors (Lipinski definition) is 1. The molecule has 1 aliphatic heterocycles. The van der Waals surface area contributed by atoms with E-state index in [0.29, 0.717) is 11.5 Å². The van der Waals surface area contributed by atoms with E-state index >= 15 is 0 Å². The Kier molecular flexibility index (Phi) is 5.68. The number of likely N-dealkylation sites (tertiary alicyclic amines) is 1. The van der Waals surface area contributed by atoms with Crippen molar-refractivity contribution in [3.8, 4) is 11.5 Å². The van der Waals surface area contributed by atoms with Gasteiger partial charge in [-0.25, -0.2) is 0 Å². The Morgan fingerprint density at radius 3 is 2.26 bits per heavy atom. The van der Waals surface area contributed by atoms with E-state index in [1.807, 2.05) is 13.0 Å². The molecule has 2 aliphatic rings. The van der Waals surface area contributed by atoms with Gasteiger partial charge in [0.05, 0.1) is 32.1 Å². The molecule has 1 aromatic carbocycles. The van der Waals surface area contributed by atoms with Gasteiger partial charge in [-0.15, -0.1) is 0 Å². The minimum atomic E-state index is -0.349. The first-order valence-electron chi connectivity index (χ1n) is 9.32. The Morgan fingerprint density at radius 1 is 1.11 bits per heavy atom. The largest absolute Gasteiger partial charge is 0.493 e. The molecule has 1 aliphatic carbocycles. The van der Waals surface area contributed by atoms with Crippen molar-refractivity contribution >= 4 is 17.7 Å². The summed E-state index contributed by atoms with van der Waals surface area (Å²) >= 11 is 0. The average molecular weight is 374 g/mol. The number of imide groups is 1. The van der Waals surface area contributed by atoms with E-state index in [1.54, 1.807) is 26.4 Å². The van der Waals surface area contributed by atoms with Crippen molar-refractivity contribution in [1.29, 1.82) is 0 Å². The van der Waals surface area contributed by atoms with E-state index in [2.05, 4.69) is 5.32 Å². The Balaban J connectivity index is 1.64. The predicted molar refractivity (Wildman–Crippen MR) is 98.3 cm³/mol. The summed E-state index contributed by atoms with van der Waals surface area (Å²) in [6, 6.07) is 5.11. The van der Waals surface area contributed by atoms with E-state index in [1.165, 1.54) is 0 Å². The number of methoxy groups -OCH3 is 2. The molecule has 0 radical (unpaired) electrons. The molecule has 7 nitrogen and oxygen atoms in total. The van der Waals surface area contributed by atoms with Crippen molar-refractivity contribution in [1.82, 2.24) is 10.2 Å². The Morgan fingerprint density at radius 2 is 1.70 bits per heavy atom. The summed E-state index contributed by atoms with van der Waals surface area (Å²) in [5, 5.41) is 2.85. The average Bonchev–Trinajstić information content (AvgIpc) is 2.92.